The summed E-state index contributed by atoms with van der Waals surface area (Å²) in [7, 11) is -5.50. The van der Waals surface area contributed by atoms with Crippen LogP contribution in [0.4, 0.5) is 0 Å². The maximum Gasteiger partial charge on any atom is 0.337 e. The number of hydrogen-bond donors (Lipinski definition) is 1. The van der Waals surface area contributed by atoms with E-state index in [1.54, 1.807) is 24.3 Å². The molecule has 0 aliphatic carbocycles. The molecule has 1 heterocycles. The van der Waals surface area contributed by atoms with Crippen LogP contribution >= 0.6 is 0 Å². The van der Waals surface area contributed by atoms with Crippen molar-refractivity contribution in [2.75, 3.05) is 45.3 Å². The lowest BCUT2D eigenvalue weighted by Crippen LogP contribution is -2.49. The summed E-state index contributed by atoms with van der Waals surface area (Å²) in [5.41, 5.74) is 2.13. The number of carbonyl (C=O) groups is 1. The summed E-state index contributed by atoms with van der Waals surface area (Å²) in [5, 5.41) is 0. The van der Waals surface area contributed by atoms with Crippen LogP contribution in [-0.4, -0.2) is 77.3 Å². The number of methoxy groups -OCH3 is 1. The summed E-state index contributed by atoms with van der Waals surface area (Å²) in [5.74, 6) is -0.518. The lowest BCUT2D eigenvalue weighted by molar-refractivity contribution is 0.0600. The van der Waals surface area contributed by atoms with Crippen LogP contribution in [0.3, 0.4) is 0 Å². The lowest BCUT2D eigenvalue weighted by atomic mass is 10.0. The van der Waals surface area contributed by atoms with E-state index in [1.165, 1.54) is 17.7 Å². The summed E-state index contributed by atoms with van der Waals surface area (Å²) in [6.45, 7) is 1.95. The van der Waals surface area contributed by atoms with Gasteiger partial charge in [-0.05, 0) is 29.7 Å². The average Bonchev–Trinajstić information content (AvgIpc) is 2.83. The van der Waals surface area contributed by atoms with E-state index in [9.17, 15) is 21.6 Å². The molecule has 3 rings (SSSR count). The smallest absolute Gasteiger partial charge is 0.337 e. The Kier molecular flexibility index (Phi) is 8.83. The van der Waals surface area contributed by atoms with Crippen molar-refractivity contribution in [2.24, 2.45) is 0 Å². The first-order chi connectivity index (χ1) is 16.1. The second-order valence-corrected chi connectivity index (χ2v) is 12.2. The first-order valence-corrected chi connectivity index (χ1v) is 14.5. The zero-order valence-electron chi connectivity index (χ0n) is 19.4. The molecule has 186 valence electrons. The lowest BCUT2D eigenvalue weighted by Gasteiger charge is -2.38. The van der Waals surface area contributed by atoms with Gasteiger partial charge >= 0.3 is 5.97 Å². The fraction of sp³-hybridized carbons (Fsp3) is 0.435. The van der Waals surface area contributed by atoms with Gasteiger partial charge in [0.2, 0.25) is 20.0 Å². The van der Waals surface area contributed by atoms with Gasteiger partial charge < -0.3 is 4.74 Å². The molecular formula is C23H31N3O6S2. The average molecular weight is 510 g/mol. The van der Waals surface area contributed by atoms with Gasteiger partial charge in [-0.25, -0.2) is 26.4 Å². The second kappa shape index (κ2) is 11.4. The van der Waals surface area contributed by atoms with Gasteiger partial charge in [0.15, 0.2) is 0 Å². The van der Waals surface area contributed by atoms with Crippen LogP contribution in [0, 0.1) is 0 Å². The molecule has 0 amide bonds. The number of sulfonamides is 2. The molecule has 1 atom stereocenters. The molecule has 1 aliphatic heterocycles. The highest BCUT2D eigenvalue weighted by Crippen LogP contribution is 2.26. The van der Waals surface area contributed by atoms with E-state index in [4.69, 9.17) is 0 Å². The number of nitrogens with zero attached hydrogens (tertiary/aromatic N) is 2. The molecule has 1 aliphatic rings. The number of piperazine rings is 1. The maximum atomic E-state index is 12.7. The van der Waals surface area contributed by atoms with Crippen molar-refractivity contribution in [1.29, 1.82) is 0 Å². The minimum Gasteiger partial charge on any atom is -0.465 e. The number of esters is 1. The largest absolute Gasteiger partial charge is 0.465 e. The highest BCUT2D eigenvalue weighted by atomic mass is 32.2. The zero-order chi connectivity index (χ0) is 24.8. The molecule has 1 saturated heterocycles. The molecule has 11 heteroatoms. The van der Waals surface area contributed by atoms with Crippen LogP contribution in [0.25, 0.3) is 0 Å². The van der Waals surface area contributed by atoms with E-state index >= 15 is 0 Å². The molecule has 0 aromatic heterocycles. The standard InChI is InChI=1S/C23H31N3O6S2/c1-32-23(27)21-10-8-19(9-11-21)18-24-34(30,31)17-12-22(20-6-4-3-5-7-20)25-13-15-26(16-14-25)33(2,28)29/h3-11,22,24H,12-18H2,1-2H3. The Labute approximate surface area is 201 Å². The Balaban J connectivity index is 1.62. The normalized spacial score (nSPS) is 16.8. The summed E-state index contributed by atoms with van der Waals surface area (Å²) in [4.78, 5) is 13.7. The molecule has 1 fully saturated rings. The molecule has 0 bridgehead atoms. The summed E-state index contributed by atoms with van der Waals surface area (Å²) in [6, 6.07) is 16.1. The third-order valence-corrected chi connectivity index (χ3v) is 8.56. The van der Waals surface area contributed by atoms with Crippen molar-refractivity contribution in [3.8, 4) is 0 Å². The number of nitrogens with one attached hydrogen (secondary N) is 1. The van der Waals surface area contributed by atoms with Crippen LogP contribution in [0.2, 0.25) is 0 Å². The molecule has 1 unspecified atom stereocenters. The molecule has 34 heavy (non-hydrogen) atoms. The molecule has 2 aromatic carbocycles. The third kappa shape index (κ3) is 7.34. The van der Waals surface area contributed by atoms with Crippen LogP contribution in [-0.2, 0) is 31.3 Å². The topological polar surface area (TPSA) is 113 Å². The van der Waals surface area contributed by atoms with Gasteiger partial charge in [0.25, 0.3) is 0 Å². The molecule has 0 radical (unpaired) electrons. The first-order valence-electron chi connectivity index (χ1n) is 11.0. The second-order valence-electron chi connectivity index (χ2n) is 8.24. The summed E-state index contributed by atoms with van der Waals surface area (Å²) >= 11 is 0. The van der Waals surface area contributed by atoms with E-state index in [2.05, 4.69) is 14.4 Å². The van der Waals surface area contributed by atoms with Gasteiger partial charge in [0, 0.05) is 38.8 Å². The van der Waals surface area contributed by atoms with Gasteiger partial charge in [0.1, 0.15) is 0 Å². The highest BCUT2D eigenvalue weighted by molar-refractivity contribution is 7.89. The van der Waals surface area contributed by atoms with Gasteiger partial charge in [-0.3, -0.25) is 4.90 Å². The molecule has 9 nitrogen and oxygen atoms in total. The monoisotopic (exact) mass is 509 g/mol. The van der Waals surface area contributed by atoms with Crippen LogP contribution in [0.5, 0.6) is 0 Å². The fourth-order valence-corrected chi connectivity index (χ4v) is 5.88. The minimum atomic E-state index is -3.56. The molecule has 0 spiro atoms. The van der Waals surface area contributed by atoms with Gasteiger partial charge in [-0.1, -0.05) is 42.5 Å². The van der Waals surface area contributed by atoms with Crippen molar-refractivity contribution in [3.63, 3.8) is 0 Å². The van der Waals surface area contributed by atoms with E-state index < -0.39 is 26.0 Å². The molecule has 2 aromatic rings. The van der Waals surface area contributed by atoms with Gasteiger partial charge in [0.05, 0.1) is 24.7 Å². The molecule has 1 N–H and O–H groups in total. The van der Waals surface area contributed by atoms with E-state index in [1.807, 2.05) is 30.3 Å². The van der Waals surface area contributed by atoms with Crippen molar-refractivity contribution < 1.29 is 26.4 Å². The Bertz CT molecular complexity index is 1160. The predicted octanol–water partition coefficient (Wildman–Crippen LogP) is 1.60. The summed E-state index contributed by atoms with van der Waals surface area (Å²) < 4.78 is 57.9. The van der Waals surface area contributed by atoms with E-state index in [-0.39, 0.29) is 18.3 Å². The Morgan fingerprint density at radius 1 is 0.971 bits per heavy atom. The van der Waals surface area contributed by atoms with Crippen LogP contribution in [0.1, 0.15) is 33.9 Å². The first kappa shape index (κ1) is 26.3. The van der Waals surface area contributed by atoms with Crippen molar-refractivity contribution in [1.82, 2.24) is 13.9 Å². The van der Waals surface area contributed by atoms with E-state index in [0.717, 1.165) is 11.1 Å². The van der Waals surface area contributed by atoms with Gasteiger partial charge in [-0.2, -0.15) is 4.31 Å². The Morgan fingerprint density at radius 3 is 2.15 bits per heavy atom. The predicted molar refractivity (Wildman–Crippen MR) is 130 cm³/mol. The van der Waals surface area contributed by atoms with Crippen LogP contribution in [0.15, 0.2) is 54.6 Å². The quantitative estimate of drug-likeness (QED) is 0.484. The van der Waals surface area contributed by atoms with Crippen molar-refractivity contribution >= 4 is 26.0 Å². The Hall–Kier alpha value is -2.31. The van der Waals surface area contributed by atoms with Crippen LogP contribution < -0.4 is 4.72 Å². The highest BCUT2D eigenvalue weighted by Gasteiger charge is 2.29. The number of hydrogen-bond acceptors (Lipinski definition) is 7. The minimum absolute atomic E-state index is 0.0703. The molecule has 0 saturated carbocycles. The third-order valence-electron chi connectivity index (χ3n) is 5.90. The van der Waals surface area contributed by atoms with Crippen molar-refractivity contribution in [2.45, 2.75) is 19.0 Å². The Morgan fingerprint density at radius 2 is 1.59 bits per heavy atom. The summed E-state index contributed by atoms with van der Waals surface area (Å²) in [6.07, 6.45) is 1.58. The molecular weight excluding hydrogens is 478 g/mol. The zero-order valence-corrected chi connectivity index (χ0v) is 21.0. The fourth-order valence-electron chi connectivity index (χ4n) is 3.99. The number of carbonyl (C=O) groups excluding carboxylic acids is 1. The SMILES string of the molecule is COC(=O)c1ccc(CNS(=O)(=O)CCC(c2ccccc2)N2CCN(S(C)(=O)=O)CC2)cc1. The number of ether oxygens (including phenoxy) is 1. The van der Waals surface area contributed by atoms with Crippen molar-refractivity contribution in [3.05, 3.63) is 71.3 Å². The number of benzene rings is 2. The number of rotatable bonds is 10. The van der Waals surface area contributed by atoms with E-state index in [0.29, 0.717) is 38.2 Å². The maximum absolute atomic E-state index is 12.7. The van der Waals surface area contributed by atoms with Gasteiger partial charge in [-0.15, -0.1) is 0 Å².